The Labute approximate surface area is 186 Å². The van der Waals surface area contributed by atoms with Crippen molar-refractivity contribution in [2.75, 3.05) is 18.4 Å². The van der Waals surface area contributed by atoms with Gasteiger partial charge in [0.15, 0.2) is 0 Å². The maximum atomic E-state index is 12.5. The Hall–Kier alpha value is -3.78. The third-order valence-corrected chi connectivity index (χ3v) is 5.22. The van der Waals surface area contributed by atoms with Gasteiger partial charge in [-0.2, -0.15) is 10.2 Å². The van der Waals surface area contributed by atoms with Crippen LogP contribution in [0.25, 0.3) is 0 Å². The summed E-state index contributed by atoms with van der Waals surface area (Å²) in [5.74, 6) is 0.460. The van der Waals surface area contributed by atoms with Crippen molar-refractivity contribution in [2.24, 2.45) is 10.2 Å². The molecule has 8 nitrogen and oxygen atoms in total. The van der Waals surface area contributed by atoms with Gasteiger partial charge >= 0.3 is 0 Å². The molecule has 0 aliphatic carbocycles. The van der Waals surface area contributed by atoms with Gasteiger partial charge in [-0.15, -0.1) is 0 Å². The summed E-state index contributed by atoms with van der Waals surface area (Å²) in [6.07, 6.45) is 3.19. The minimum absolute atomic E-state index is 0.0835. The molecule has 0 bridgehead atoms. The summed E-state index contributed by atoms with van der Waals surface area (Å²) in [5, 5.41) is 14.1. The van der Waals surface area contributed by atoms with E-state index in [1.165, 1.54) is 0 Å². The summed E-state index contributed by atoms with van der Waals surface area (Å²) in [6.45, 7) is 1.22. The number of likely N-dealkylation sites (tertiary alicyclic amines) is 1. The summed E-state index contributed by atoms with van der Waals surface area (Å²) < 4.78 is 5.25. The highest BCUT2D eigenvalue weighted by atomic mass is 16.3. The van der Waals surface area contributed by atoms with Crippen LogP contribution in [0.4, 0.5) is 17.1 Å². The van der Waals surface area contributed by atoms with Crippen LogP contribution in [0.5, 0.6) is 0 Å². The van der Waals surface area contributed by atoms with E-state index in [0.717, 1.165) is 18.5 Å². The molecule has 164 valence electrons. The molecule has 1 unspecified atom stereocenters. The molecule has 2 heterocycles. The standard InChI is InChI=1S/C24H25N5O3/c30-23(17-29-14-4-9-22(29)24(31)25-16-21-8-5-15-32-21)26-18-10-12-20(13-11-18)28-27-19-6-2-1-3-7-19/h1-3,5-8,10-13,15,22H,4,9,14,16-17H2,(H,25,31)(H,26,30). The largest absolute Gasteiger partial charge is 0.467 e. The van der Waals surface area contributed by atoms with Crippen molar-refractivity contribution >= 4 is 28.9 Å². The monoisotopic (exact) mass is 431 g/mol. The zero-order chi connectivity index (χ0) is 22.2. The number of azo groups is 1. The highest BCUT2D eigenvalue weighted by molar-refractivity contribution is 5.93. The molecule has 8 heteroatoms. The first kappa shape index (κ1) is 21.5. The van der Waals surface area contributed by atoms with Crippen LogP contribution in [0, 0.1) is 0 Å². The lowest BCUT2D eigenvalue weighted by Gasteiger charge is -2.23. The molecule has 1 fully saturated rings. The SMILES string of the molecule is O=C(CN1CCCC1C(=O)NCc1ccco1)Nc1ccc(N=Nc2ccccc2)cc1. The van der Waals surface area contributed by atoms with Gasteiger partial charge in [0.05, 0.1) is 36.8 Å². The number of hydrogen-bond donors (Lipinski definition) is 2. The van der Waals surface area contributed by atoms with E-state index >= 15 is 0 Å². The van der Waals surface area contributed by atoms with Crippen molar-refractivity contribution < 1.29 is 14.0 Å². The molecule has 4 rings (SSSR count). The van der Waals surface area contributed by atoms with E-state index in [1.807, 2.05) is 41.3 Å². The second kappa shape index (κ2) is 10.5. The molecule has 2 amide bonds. The second-order valence-corrected chi connectivity index (χ2v) is 7.56. The van der Waals surface area contributed by atoms with Gasteiger partial charge in [0.2, 0.25) is 11.8 Å². The van der Waals surface area contributed by atoms with Gasteiger partial charge < -0.3 is 15.1 Å². The number of carbonyl (C=O) groups is 2. The van der Waals surface area contributed by atoms with E-state index in [2.05, 4.69) is 20.9 Å². The minimum atomic E-state index is -0.309. The zero-order valence-corrected chi connectivity index (χ0v) is 17.6. The first-order valence-electron chi connectivity index (χ1n) is 10.6. The van der Waals surface area contributed by atoms with Crippen molar-refractivity contribution in [3.63, 3.8) is 0 Å². The van der Waals surface area contributed by atoms with E-state index in [4.69, 9.17) is 4.42 Å². The Morgan fingerprint density at radius 3 is 2.44 bits per heavy atom. The van der Waals surface area contributed by atoms with Gasteiger partial charge in [-0.05, 0) is 67.9 Å². The number of nitrogens with zero attached hydrogens (tertiary/aromatic N) is 3. The third kappa shape index (κ3) is 5.89. The van der Waals surface area contributed by atoms with Crippen LogP contribution < -0.4 is 10.6 Å². The molecule has 1 aliphatic heterocycles. The molecule has 0 radical (unpaired) electrons. The van der Waals surface area contributed by atoms with Crippen LogP contribution in [-0.2, 0) is 16.1 Å². The fraction of sp³-hybridized carbons (Fsp3) is 0.250. The molecule has 3 aromatic rings. The highest BCUT2D eigenvalue weighted by Gasteiger charge is 2.31. The molecule has 2 aromatic carbocycles. The normalized spacial score (nSPS) is 16.3. The van der Waals surface area contributed by atoms with Crippen molar-refractivity contribution in [3.05, 3.63) is 78.8 Å². The number of benzene rings is 2. The third-order valence-electron chi connectivity index (χ3n) is 5.22. The van der Waals surface area contributed by atoms with Crippen molar-refractivity contribution in [1.29, 1.82) is 0 Å². The Morgan fingerprint density at radius 1 is 0.969 bits per heavy atom. The maximum Gasteiger partial charge on any atom is 0.238 e. The average molecular weight is 431 g/mol. The molecular weight excluding hydrogens is 406 g/mol. The van der Waals surface area contributed by atoms with Crippen LogP contribution in [0.3, 0.4) is 0 Å². The highest BCUT2D eigenvalue weighted by Crippen LogP contribution is 2.21. The molecule has 1 atom stereocenters. The van der Waals surface area contributed by atoms with Crippen LogP contribution in [0.15, 0.2) is 87.6 Å². The van der Waals surface area contributed by atoms with Gasteiger partial charge in [0, 0.05) is 5.69 Å². The predicted octanol–water partition coefficient (Wildman–Crippen LogP) is 4.41. The number of amides is 2. The van der Waals surface area contributed by atoms with Crippen LogP contribution in [0.2, 0.25) is 0 Å². The molecule has 0 saturated carbocycles. The lowest BCUT2D eigenvalue weighted by atomic mass is 10.2. The van der Waals surface area contributed by atoms with Gasteiger partial charge in [-0.25, -0.2) is 0 Å². The topological polar surface area (TPSA) is 99.3 Å². The number of hydrogen-bond acceptors (Lipinski definition) is 6. The molecule has 1 aliphatic rings. The first-order chi connectivity index (χ1) is 15.7. The fourth-order valence-electron chi connectivity index (χ4n) is 3.62. The van der Waals surface area contributed by atoms with E-state index in [9.17, 15) is 9.59 Å². The van der Waals surface area contributed by atoms with Crippen LogP contribution >= 0.6 is 0 Å². The Morgan fingerprint density at radius 2 is 1.72 bits per heavy atom. The lowest BCUT2D eigenvalue weighted by Crippen LogP contribution is -2.45. The van der Waals surface area contributed by atoms with E-state index in [0.29, 0.717) is 30.2 Å². The molecular formula is C24H25N5O3. The molecule has 1 aromatic heterocycles. The summed E-state index contributed by atoms with van der Waals surface area (Å²) in [6, 6.07) is 19.9. The molecule has 1 saturated heterocycles. The number of anilines is 1. The Balaban J connectivity index is 1.27. The minimum Gasteiger partial charge on any atom is -0.467 e. The smallest absolute Gasteiger partial charge is 0.238 e. The lowest BCUT2D eigenvalue weighted by molar-refractivity contribution is -0.126. The van der Waals surface area contributed by atoms with Crippen LogP contribution in [-0.4, -0.2) is 35.8 Å². The number of nitrogens with one attached hydrogen (secondary N) is 2. The number of rotatable bonds is 8. The summed E-state index contributed by atoms with van der Waals surface area (Å²) in [7, 11) is 0. The predicted molar refractivity (Wildman–Crippen MR) is 121 cm³/mol. The van der Waals surface area contributed by atoms with Crippen molar-refractivity contribution in [2.45, 2.75) is 25.4 Å². The van der Waals surface area contributed by atoms with Gasteiger partial charge in [-0.3, -0.25) is 14.5 Å². The molecule has 2 N–H and O–H groups in total. The van der Waals surface area contributed by atoms with E-state index < -0.39 is 0 Å². The van der Waals surface area contributed by atoms with Crippen molar-refractivity contribution in [3.8, 4) is 0 Å². The quantitative estimate of drug-likeness (QED) is 0.516. The molecule has 0 spiro atoms. The number of furan rings is 1. The zero-order valence-electron chi connectivity index (χ0n) is 17.6. The van der Waals surface area contributed by atoms with Gasteiger partial charge in [-0.1, -0.05) is 18.2 Å². The maximum absolute atomic E-state index is 12.5. The van der Waals surface area contributed by atoms with Crippen molar-refractivity contribution in [1.82, 2.24) is 10.2 Å². The number of carbonyl (C=O) groups excluding carboxylic acids is 2. The van der Waals surface area contributed by atoms with Crippen LogP contribution in [0.1, 0.15) is 18.6 Å². The second-order valence-electron chi connectivity index (χ2n) is 7.56. The fourth-order valence-corrected chi connectivity index (χ4v) is 3.62. The summed E-state index contributed by atoms with van der Waals surface area (Å²) in [5.41, 5.74) is 2.14. The first-order valence-corrected chi connectivity index (χ1v) is 10.6. The Bertz CT molecular complexity index is 1050. The average Bonchev–Trinajstić information content (AvgIpc) is 3.50. The molecule has 32 heavy (non-hydrogen) atoms. The van der Waals surface area contributed by atoms with Gasteiger partial charge in [0.1, 0.15) is 5.76 Å². The summed E-state index contributed by atoms with van der Waals surface area (Å²) in [4.78, 5) is 27.0. The Kier molecular flexibility index (Phi) is 7.04. The van der Waals surface area contributed by atoms with E-state index in [-0.39, 0.29) is 24.4 Å². The van der Waals surface area contributed by atoms with E-state index in [1.54, 1.807) is 36.6 Å². The summed E-state index contributed by atoms with van der Waals surface area (Å²) >= 11 is 0. The van der Waals surface area contributed by atoms with Gasteiger partial charge in [0.25, 0.3) is 0 Å².